The Morgan fingerprint density at radius 2 is 1.88 bits per heavy atom. The fraction of sp³-hybridized carbons (Fsp3) is 0.308. The third-order valence-corrected chi connectivity index (χ3v) is 6.49. The molecular weight excluding hydrogens is 423 g/mol. The van der Waals surface area contributed by atoms with Gasteiger partial charge in [0.15, 0.2) is 0 Å². The number of aliphatic hydroxyl groups is 1. The van der Waals surface area contributed by atoms with E-state index in [-0.39, 0.29) is 12.6 Å². The van der Waals surface area contributed by atoms with Crippen LogP contribution in [-0.4, -0.2) is 58.5 Å². The maximum atomic E-state index is 10.0. The maximum Gasteiger partial charge on any atom is 0.229 e. The Hall–Kier alpha value is -3.36. The van der Waals surface area contributed by atoms with Gasteiger partial charge >= 0.3 is 0 Å². The molecule has 0 radical (unpaired) electrons. The van der Waals surface area contributed by atoms with Crippen LogP contribution in [0.15, 0.2) is 60.9 Å². The van der Waals surface area contributed by atoms with E-state index in [4.69, 9.17) is 4.98 Å². The van der Waals surface area contributed by atoms with Crippen LogP contribution < -0.4 is 16.1 Å². The minimum absolute atomic E-state index is 0.00416. The molecule has 2 aromatic heterocycles. The van der Waals surface area contributed by atoms with E-state index in [1.54, 1.807) is 6.20 Å². The number of nitrogens with zero attached hydrogens (tertiary/aromatic N) is 3. The summed E-state index contributed by atoms with van der Waals surface area (Å²) >= 11 is 0. The zero-order chi connectivity index (χ0) is 23.3. The van der Waals surface area contributed by atoms with Crippen molar-refractivity contribution in [3.05, 3.63) is 72.1 Å². The van der Waals surface area contributed by atoms with Crippen LogP contribution >= 0.6 is 0 Å². The van der Waals surface area contributed by atoms with Crippen LogP contribution in [0.2, 0.25) is 0 Å². The summed E-state index contributed by atoms with van der Waals surface area (Å²) in [4.78, 5) is 14.9. The molecule has 4 aromatic rings. The number of benzene rings is 2. The maximum absolute atomic E-state index is 10.0. The zero-order valence-electron chi connectivity index (χ0n) is 19.6. The van der Waals surface area contributed by atoms with Crippen LogP contribution in [-0.2, 0) is 13.0 Å². The van der Waals surface area contributed by atoms with Crippen molar-refractivity contribution in [2.45, 2.75) is 31.8 Å². The van der Waals surface area contributed by atoms with Gasteiger partial charge in [0.1, 0.15) is 13.7 Å². The van der Waals surface area contributed by atoms with Crippen LogP contribution in [0.5, 0.6) is 0 Å². The van der Waals surface area contributed by atoms with Crippen LogP contribution in [0.4, 0.5) is 17.5 Å². The van der Waals surface area contributed by atoms with Crippen LogP contribution in [0, 0.1) is 0 Å². The molecule has 1 aliphatic heterocycles. The predicted octanol–water partition coefficient (Wildman–Crippen LogP) is 2.57. The molecule has 0 saturated carbocycles. The number of rotatable bonds is 9. The Kier molecular flexibility index (Phi) is 6.78. The molecule has 0 amide bonds. The number of H-pyrrole nitrogens is 1. The molecule has 0 aliphatic carbocycles. The predicted molar refractivity (Wildman–Crippen MR) is 141 cm³/mol. The van der Waals surface area contributed by atoms with E-state index < -0.39 is 0 Å². The van der Waals surface area contributed by atoms with E-state index in [1.807, 2.05) is 26.2 Å². The number of aromatic nitrogens is 3. The van der Waals surface area contributed by atoms with E-state index in [1.165, 1.54) is 42.4 Å². The van der Waals surface area contributed by atoms with Crippen LogP contribution in [0.3, 0.4) is 0 Å². The number of aromatic amines is 1. The van der Waals surface area contributed by atoms with Gasteiger partial charge in [0.05, 0.1) is 12.6 Å². The lowest BCUT2D eigenvalue weighted by molar-refractivity contribution is 0.273. The molecule has 0 bridgehead atoms. The molecule has 5 rings (SSSR count). The number of nitrogens with one attached hydrogen (secondary N) is 3. The first kappa shape index (κ1) is 22.4. The summed E-state index contributed by atoms with van der Waals surface area (Å²) in [6.45, 7) is 3.41. The van der Waals surface area contributed by atoms with Gasteiger partial charge in [0.2, 0.25) is 5.95 Å². The molecule has 34 heavy (non-hydrogen) atoms. The Morgan fingerprint density at radius 3 is 2.68 bits per heavy atom. The molecule has 1 saturated heterocycles. The van der Waals surface area contributed by atoms with Crippen molar-refractivity contribution in [3.63, 3.8) is 0 Å². The van der Waals surface area contributed by atoms with Crippen molar-refractivity contribution < 1.29 is 5.11 Å². The summed E-state index contributed by atoms with van der Waals surface area (Å²) < 4.78 is 0. The quantitative estimate of drug-likeness (QED) is 0.291. The molecule has 1 atom stereocenters. The Bertz CT molecular complexity index is 1240. The smallest absolute Gasteiger partial charge is 0.229 e. The number of anilines is 3. The standard InChI is InChI=1S/C26H31BN6O/c27-23-15-29-26(31-20-9-7-18(8-10-20)16-33-11-3-4-12-33)32-25(23)30-21(17-34)13-19-14-28-24-6-2-1-5-22(19)24/h1-2,5-10,14-15,21,28,34H,3-4,11-13,16-17,27H2,(H2,29,30,31,32)/t21-/m1/s1. The lowest BCUT2D eigenvalue weighted by Gasteiger charge is -2.19. The summed E-state index contributed by atoms with van der Waals surface area (Å²) in [5.74, 6) is 1.26. The molecule has 1 aliphatic rings. The van der Waals surface area contributed by atoms with Gasteiger partial charge in [-0.1, -0.05) is 30.3 Å². The third kappa shape index (κ3) is 5.24. The highest BCUT2D eigenvalue weighted by molar-refractivity contribution is 6.35. The molecule has 3 heterocycles. The number of para-hydroxylation sites is 1. The molecule has 1 fully saturated rings. The molecular formula is C26H31BN6O. The average molecular weight is 454 g/mol. The first-order valence-corrected chi connectivity index (χ1v) is 12.0. The molecule has 174 valence electrons. The second kappa shape index (κ2) is 10.3. The summed E-state index contributed by atoms with van der Waals surface area (Å²) in [6.07, 6.45) is 7.12. The Labute approximate surface area is 201 Å². The Balaban J connectivity index is 1.25. The molecule has 2 aromatic carbocycles. The Morgan fingerprint density at radius 1 is 1.09 bits per heavy atom. The van der Waals surface area contributed by atoms with Gasteiger partial charge in [-0.3, -0.25) is 4.90 Å². The second-order valence-corrected chi connectivity index (χ2v) is 9.12. The number of likely N-dealkylation sites (tertiary alicyclic amines) is 1. The highest BCUT2D eigenvalue weighted by atomic mass is 16.3. The fourth-order valence-electron chi connectivity index (χ4n) is 4.59. The van der Waals surface area contributed by atoms with Crippen molar-refractivity contribution in [3.8, 4) is 0 Å². The van der Waals surface area contributed by atoms with Gasteiger partial charge in [-0.25, -0.2) is 4.98 Å². The lowest BCUT2D eigenvalue weighted by atomic mass is 9.98. The van der Waals surface area contributed by atoms with Gasteiger partial charge in [-0.15, -0.1) is 0 Å². The van der Waals surface area contributed by atoms with Crippen molar-refractivity contribution in [2.75, 3.05) is 30.3 Å². The lowest BCUT2D eigenvalue weighted by Crippen LogP contribution is -2.30. The van der Waals surface area contributed by atoms with Gasteiger partial charge in [-0.2, -0.15) is 4.98 Å². The van der Waals surface area contributed by atoms with E-state index in [0.29, 0.717) is 12.4 Å². The molecule has 8 heteroatoms. The number of hydrogen-bond acceptors (Lipinski definition) is 6. The summed E-state index contributed by atoms with van der Waals surface area (Å²) in [6, 6.07) is 16.5. The molecule has 0 spiro atoms. The van der Waals surface area contributed by atoms with Gasteiger partial charge in [-0.05, 0) is 67.1 Å². The summed E-state index contributed by atoms with van der Waals surface area (Å²) in [5, 5.41) is 17.9. The topological polar surface area (TPSA) is 89.1 Å². The van der Waals surface area contributed by atoms with E-state index in [9.17, 15) is 5.11 Å². The van der Waals surface area contributed by atoms with Gasteiger partial charge < -0.3 is 20.7 Å². The molecule has 4 N–H and O–H groups in total. The van der Waals surface area contributed by atoms with E-state index in [2.05, 4.69) is 61.9 Å². The van der Waals surface area contributed by atoms with E-state index >= 15 is 0 Å². The van der Waals surface area contributed by atoms with Crippen molar-refractivity contribution in [2.24, 2.45) is 0 Å². The monoisotopic (exact) mass is 454 g/mol. The number of hydrogen-bond donors (Lipinski definition) is 4. The third-order valence-electron chi connectivity index (χ3n) is 6.49. The van der Waals surface area contributed by atoms with Crippen LogP contribution in [0.1, 0.15) is 24.0 Å². The number of fused-ring (bicyclic) bond motifs is 1. The van der Waals surface area contributed by atoms with Crippen molar-refractivity contribution >= 4 is 41.7 Å². The first-order chi connectivity index (χ1) is 16.7. The van der Waals surface area contributed by atoms with E-state index in [0.717, 1.165) is 29.0 Å². The summed E-state index contributed by atoms with van der Waals surface area (Å²) in [5.41, 5.74) is 5.48. The van der Waals surface area contributed by atoms with Crippen molar-refractivity contribution in [1.82, 2.24) is 19.9 Å². The van der Waals surface area contributed by atoms with Crippen LogP contribution in [0.25, 0.3) is 10.9 Å². The average Bonchev–Trinajstić information content (AvgIpc) is 3.52. The largest absolute Gasteiger partial charge is 0.394 e. The second-order valence-electron chi connectivity index (χ2n) is 9.12. The normalized spacial score (nSPS) is 15.0. The van der Waals surface area contributed by atoms with Crippen molar-refractivity contribution in [1.29, 1.82) is 0 Å². The summed E-state index contributed by atoms with van der Waals surface area (Å²) in [7, 11) is 1.97. The highest BCUT2D eigenvalue weighted by Gasteiger charge is 2.15. The SMILES string of the molecule is Bc1cnc(Nc2ccc(CN3CCCC3)cc2)nc1N[C@@H](CO)Cc1c[nH]c2ccccc12. The van der Waals surface area contributed by atoms with Gasteiger partial charge in [0, 0.05) is 35.5 Å². The minimum atomic E-state index is -0.162. The molecule has 7 nitrogen and oxygen atoms in total. The fourth-order valence-corrected chi connectivity index (χ4v) is 4.59. The zero-order valence-corrected chi connectivity index (χ0v) is 19.6. The minimum Gasteiger partial charge on any atom is -0.394 e. The highest BCUT2D eigenvalue weighted by Crippen LogP contribution is 2.21. The number of aliphatic hydroxyl groups excluding tert-OH is 1. The first-order valence-electron chi connectivity index (χ1n) is 12.0. The molecule has 0 unspecified atom stereocenters. The van der Waals surface area contributed by atoms with Gasteiger partial charge in [0.25, 0.3) is 0 Å².